The topological polar surface area (TPSA) is 64.3 Å². The van der Waals surface area contributed by atoms with Crippen molar-refractivity contribution in [3.63, 3.8) is 0 Å². The van der Waals surface area contributed by atoms with E-state index in [-0.39, 0.29) is 6.61 Å². The number of amides is 1. The molecular formula is C11H14Cl2N2O2. The van der Waals surface area contributed by atoms with E-state index in [1.807, 2.05) is 0 Å². The van der Waals surface area contributed by atoms with E-state index in [0.717, 1.165) is 0 Å². The van der Waals surface area contributed by atoms with Crippen molar-refractivity contribution in [2.24, 2.45) is 5.73 Å². The summed E-state index contributed by atoms with van der Waals surface area (Å²) in [5, 5.41) is 3.35. The summed E-state index contributed by atoms with van der Waals surface area (Å²) in [5.41, 5.74) is 5.51. The van der Waals surface area contributed by atoms with Crippen LogP contribution in [0.2, 0.25) is 10.0 Å². The average Bonchev–Trinajstić information content (AvgIpc) is 2.20. The molecule has 0 aliphatic heterocycles. The van der Waals surface area contributed by atoms with Crippen molar-refractivity contribution in [1.82, 2.24) is 0 Å². The maximum absolute atomic E-state index is 11.4. The van der Waals surface area contributed by atoms with Gasteiger partial charge in [-0.15, -0.1) is 0 Å². The van der Waals surface area contributed by atoms with Gasteiger partial charge < -0.3 is 10.5 Å². The summed E-state index contributed by atoms with van der Waals surface area (Å²) in [5.74, 6) is 0. The van der Waals surface area contributed by atoms with Crippen LogP contribution in [0.1, 0.15) is 13.8 Å². The van der Waals surface area contributed by atoms with Crippen molar-refractivity contribution in [3.05, 3.63) is 28.2 Å². The molecule has 0 aliphatic rings. The summed E-state index contributed by atoms with van der Waals surface area (Å²) in [6.07, 6.45) is -0.618. The third-order valence-electron chi connectivity index (χ3n) is 1.74. The zero-order valence-corrected chi connectivity index (χ0v) is 11.1. The fourth-order valence-electron chi connectivity index (χ4n) is 0.991. The Morgan fingerprint density at radius 3 is 2.71 bits per heavy atom. The van der Waals surface area contributed by atoms with Crippen molar-refractivity contribution in [2.45, 2.75) is 19.4 Å². The van der Waals surface area contributed by atoms with Crippen molar-refractivity contribution >= 4 is 35.0 Å². The van der Waals surface area contributed by atoms with Crippen molar-refractivity contribution in [3.8, 4) is 0 Å². The van der Waals surface area contributed by atoms with Gasteiger partial charge in [0, 0.05) is 10.6 Å². The lowest BCUT2D eigenvalue weighted by molar-refractivity contribution is 0.138. The van der Waals surface area contributed by atoms with E-state index < -0.39 is 11.6 Å². The molecule has 0 saturated heterocycles. The number of halogens is 2. The Bertz CT molecular complexity index is 416. The number of rotatable bonds is 3. The molecule has 0 radical (unpaired) electrons. The molecule has 0 heterocycles. The first-order valence-electron chi connectivity index (χ1n) is 4.96. The maximum atomic E-state index is 11.4. The summed E-state index contributed by atoms with van der Waals surface area (Å²) in [6.45, 7) is 3.62. The summed E-state index contributed by atoms with van der Waals surface area (Å²) >= 11 is 11.7. The van der Waals surface area contributed by atoms with Crippen LogP contribution in [0.15, 0.2) is 18.2 Å². The molecule has 0 unspecified atom stereocenters. The van der Waals surface area contributed by atoms with Crippen LogP contribution in [0.25, 0.3) is 0 Å². The molecule has 1 amide bonds. The van der Waals surface area contributed by atoms with Crippen LogP contribution in [0.3, 0.4) is 0 Å². The van der Waals surface area contributed by atoms with Crippen LogP contribution in [-0.4, -0.2) is 18.2 Å². The van der Waals surface area contributed by atoms with Crippen molar-refractivity contribution < 1.29 is 9.53 Å². The lowest BCUT2D eigenvalue weighted by Gasteiger charge is -2.18. The Morgan fingerprint density at radius 1 is 1.47 bits per heavy atom. The van der Waals surface area contributed by atoms with Crippen LogP contribution in [0.4, 0.5) is 10.5 Å². The normalized spacial score (nSPS) is 11.1. The Balaban J connectivity index is 2.59. The van der Waals surface area contributed by atoms with E-state index in [9.17, 15) is 4.79 Å². The molecule has 6 heteroatoms. The van der Waals surface area contributed by atoms with Gasteiger partial charge in [-0.2, -0.15) is 0 Å². The Hall–Kier alpha value is -0.970. The molecule has 94 valence electrons. The van der Waals surface area contributed by atoms with E-state index in [0.29, 0.717) is 15.7 Å². The SMILES string of the molecule is CC(C)(N)COC(=O)Nc1cc(Cl)ccc1Cl. The molecule has 3 N–H and O–H groups in total. The summed E-state index contributed by atoms with van der Waals surface area (Å²) < 4.78 is 4.93. The van der Waals surface area contributed by atoms with Gasteiger partial charge in [-0.05, 0) is 32.0 Å². The molecule has 0 atom stereocenters. The highest BCUT2D eigenvalue weighted by Gasteiger charge is 2.14. The predicted molar refractivity (Wildman–Crippen MR) is 69.7 cm³/mol. The molecular weight excluding hydrogens is 263 g/mol. The van der Waals surface area contributed by atoms with Crippen LogP contribution in [-0.2, 0) is 4.74 Å². The second-order valence-corrected chi connectivity index (χ2v) is 5.16. The van der Waals surface area contributed by atoms with Crippen molar-refractivity contribution in [1.29, 1.82) is 0 Å². The van der Waals surface area contributed by atoms with Crippen LogP contribution in [0, 0.1) is 0 Å². The highest BCUT2D eigenvalue weighted by atomic mass is 35.5. The Morgan fingerprint density at radius 2 is 2.12 bits per heavy atom. The molecule has 0 aromatic heterocycles. The van der Waals surface area contributed by atoms with Gasteiger partial charge in [0.25, 0.3) is 0 Å². The van der Waals surface area contributed by atoms with Crippen LogP contribution < -0.4 is 11.1 Å². The number of carbonyl (C=O) groups excluding carboxylic acids is 1. The van der Waals surface area contributed by atoms with Crippen molar-refractivity contribution in [2.75, 3.05) is 11.9 Å². The molecule has 4 nitrogen and oxygen atoms in total. The average molecular weight is 277 g/mol. The van der Waals surface area contributed by atoms with Gasteiger partial charge in [-0.1, -0.05) is 23.2 Å². The van der Waals surface area contributed by atoms with E-state index in [1.165, 1.54) is 0 Å². The van der Waals surface area contributed by atoms with E-state index in [4.69, 9.17) is 33.7 Å². The largest absolute Gasteiger partial charge is 0.447 e. The van der Waals surface area contributed by atoms with E-state index >= 15 is 0 Å². The minimum absolute atomic E-state index is 0.108. The lowest BCUT2D eigenvalue weighted by Crippen LogP contribution is -2.38. The highest BCUT2D eigenvalue weighted by molar-refractivity contribution is 6.35. The van der Waals surface area contributed by atoms with E-state index in [2.05, 4.69) is 5.32 Å². The number of carbonyl (C=O) groups is 1. The second kappa shape index (κ2) is 5.58. The summed E-state index contributed by atoms with van der Waals surface area (Å²) in [6, 6.07) is 4.76. The first kappa shape index (κ1) is 14.1. The van der Waals surface area contributed by atoms with Gasteiger partial charge in [0.2, 0.25) is 0 Å². The molecule has 1 rings (SSSR count). The number of benzene rings is 1. The molecule has 0 bridgehead atoms. The molecule has 0 fully saturated rings. The maximum Gasteiger partial charge on any atom is 0.411 e. The van der Waals surface area contributed by atoms with Gasteiger partial charge in [0.05, 0.1) is 10.7 Å². The summed E-state index contributed by atoms with van der Waals surface area (Å²) in [7, 11) is 0. The van der Waals surface area contributed by atoms with Gasteiger partial charge >= 0.3 is 6.09 Å². The van der Waals surface area contributed by atoms with Gasteiger partial charge in [-0.3, -0.25) is 5.32 Å². The first-order chi connectivity index (χ1) is 7.78. The first-order valence-corrected chi connectivity index (χ1v) is 5.71. The Kier molecular flexibility index (Phi) is 4.62. The third-order valence-corrected chi connectivity index (χ3v) is 2.31. The number of hydrogen-bond acceptors (Lipinski definition) is 3. The quantitative estimate of drug-likeness (QED) is 0.891. The third kappa shape index (κ3) is 5.26. The van der Waals surface area contributed by atoms with Gasteiger partial charge in [-0.25, -0.2) is 4.79 Å². The van der Waals surface area contributed by atoms with E-state index in [1.54, 1.807) is 32.0 Å². The predicted octanol–water partition coefficient (Wildman–Crippen LogP) is 3.28. The number of nitrogens with two attached hydrogens (primary N) is 1. The minimum atomic E-state index is -0.618. The Labute approximate surface area is 110 Å². The molecule has 1 aromatic carbocycles. The van der Waals surface area contributed by atoms with Gasteiger partial charge in [0.15, 0.2) is 0 Å². The fourth-order valence-corrected chi connectivity index (χ4v) is 1.33. The zero-order valence-electron chi connectivity index (χ0n) is 9.59. The molecule has 0 spiro atoms. The standard InChI is InChI=1S/C11H14Cl2N2O2/c1-11(2,14)6-17-10(16)15-9-5-7(12)3-4-8(9)13/h3-5H,6,14H2,1-2H3,(H,15,16). The molecule has 17 heavy (non-hydrogen) atoms. The number of nitrogens with one attached hydrogen (secondary N) is 1. The summed E-state index contributed by atoms with van der Waals surface area (Å²) in [4.78, 5) is 11.4. The second-order valence-electron chi connectivity index (χ2n) is 4.31. The lowest BCUT2D eigenvalue weighted by atomic mass is 10.1. The van der Waals surface area contributed by atoms with Gasteiger partial charge in [0.1, 0.15) is 6.61 Å². The number of anilines is 1. The number of hydrogen-bond donors (Lipinski definition) is 2. The zero-order chi connectivity index (χ0) is 13.1. The highest BCUT2D eigenvalue weighted by Crippen LogP contribution is 2.25. The number of ether oxygens (including phenoxy) is 1. The van der Waals surface area contributed by atoms with Crippen LogP contribution in [0.5, 0.6) is 0 Å². The molecule has 0 aliphatic carbocycles. The fraction of sp³-hybridized carbons (Fsp3) is 0.364. The smallest absolute Gasteiger partial charge is 0.411 e. The molecule has 1 aromatic rings. The minimum Gasteiger partial charge on any atom is -0.447 e. The molecule has 0 saturated carbocycles. The monoisotopic (exact) mass is 276 g/mol. The van der Waals surface area contributed by atoms with Crippen LogP contribution >= 0.6 is 23.2 Å².